The standard InChI is InChI=1S/C14H13N3O3S/c1-21(18,19)11-5-3-10(4-6-11)20-14-16-12-7-2-9(15)8-13(12)17-14/h2-8H,15H2,1H3,(H,16,17). The summed E-state index contributed by atoms with van der Waals surface area (Å²) in [6.07, 6.45) is 1.16. The molecule has 0 bridgehead atoms. The monoisotopic (exact) mass is 303 g/mol. The molecule has 0 spiro atoms. The minimum atomic E-state index is -3.21. The number of H-pyrrole nitrogens is 1. The van der Waals surface area contributed by atoms with E-state index in [4.69, 9.17) is 10.5 Å². The van der Waals surface area contributed by atoms with E-state index in [0.717, 1.165) is 17.3 Å². The summed E-state index contributed by atoms with van der Waals surface area (Å²) in [5.74, 6) is 0.495. The maximum absolute atomic E-state index is 11.4. The Bertz CT molecular complexity index is 899. The molecule has 0 atom stereocenters. The first-order chi connectivity index (χ1) is 9.91. The van der Waals surface area contributed by atoms with Crippen molar-refractivity contribution in [3.63, 3.8) is 0 Å². The first kappa shape index (κ1) is 13.4. The van der Waals surface area contributed by atoms with Crippen LogP contribution in [-0.2, 0) is 9.84 Å². The van der Waals surface area contributed by atoms with E-state index in [9.17, 15) is 8.42 Å². The van der Waals surface area contributed by atoms with Gasteiger partial charge in [0.25, 0.3) is 6.01 Å². The number of nitrogen functional groups attached to an aromatic ring is 1. The van der Waals surface area contributed by atoms with Gasteiger partial charge in [-0.05, 0) is 42.5 Å². The Morgan fingerprint density at radius 2 is 1.86 bits per heavy atom. The Balaban J connectivity index is 1.88. The number of rotatable bonds is 3. The maximum atomic E-state index is 11.4. The number of nitrogens with one attached hydrogen (secondary N) is 1. The van der Waals surface area contributed by atoms with Gasteiger partial charge < -0.3 is 15.5 Å². The van der Waals surface area contributed by atoms with E-state index < -0.39 is 9.84 Å². The number of aromatic amines is 1. The fourth-order valence-corrected chi connectivity index (χ4v) is 2.55. The maximum Gasteiger partial charge on any atom is 0.300 e. The molecule has 0 saturated carbocycles. The van der Waals surface area contributed by atoms with Crippen LogP contribution in [0.1, 0.15) is 0 Å². The van der Waals surface area contributed by atoms with Gasteiger partial charge in [-0.1, -0.05) is 0 Å². The van der Waals surface area contributed by atoms with Crippen LogP contribution in [0.4, 0.5) is 5.69 Å². The zero-order chi connectivity index (χ0) is 15.0. The number of aromatic nitrogens is 2. The summed E-state index contributed by atoms with van der Waals surface area (Å²) >= 11 is 0. The number of ether oxygens (including phenoxy) is 1. The molecular formula is C14H13N3O3S. The molecule has 0 radical (unpaired) electrons. The van der Waals surface area contributed by atoms with Crippen LogP contribution in [0.2, 0.25) is 0 Å². The van der Waals surface area contributed by atoms with E-state index in [0.29, 0.717) is 17.4 Å². The topological polar surface area (TPSA) is 98.1 Å². The minimum Gasteiger partial charge on any atom is -0.426 e. The van der Waals surface area contributed by atoms with Gasteiger partial charge in [0, 0.05) is 11.9 Å². The molecule has 3 rings (SSSR count). The fourth-order valence-electron chi connectivity index (χ4n) is 1.92. The predicted molar refractivity (Wildman–Crippen MR) is 80.1 cm³/mol. The van der Waals surface area contributed by atoms with Gasteiger partial charge in [0.15, 0.2) is 9.84 Å². The summed E-state index contributed by atoms with van der Waals surface area (Å²) in [5, 5.41) is 0. The van der Waals surface area contributed by atoms with Crippen LogP contribution in [0.15, 0.2) is 47.4 Å². The average Bonchev–Trinajstić information content (AvgIpc) is 2.79. The molecular weight excluding hydrogens is 290 g/mol. The largest absolute Gasteiger partial charge is 0.426 e. The molecule has 3 aromatic rings. The second-order valence-corrected chi connectivity index (χ2v) is 6.68. The number of benzene rings is 2. The first-order valence-corrected chi connectivity index (χ1v) is 8.04. The van der Waals surface area contributed by atoms with Crippen molar-refractivity contribution >= 4 is 26.6 Å². The van der Waals surface area contributed by atoms with Crippen molar-refractivity contribution < 1.29 is 13.2 Å². The molecule has 0 saturated heterocycles. The number of anilines is 1. The number of sulfone groups is 1. The molecule has 0 unspecified atom stereocenters. The van der Waals surface area contributed by atoms with Gasteiger partial charge in [0.1, 0.15) is 5.75 Å². The van der Waals surface area contributed by atoms with Crippen LogP contribution in [0.25, 0.3) is 11.0 Å². The number of nitrogens with zero attached hydrogens (tertiary/aromatic N) is 1. The highest BCUT2D eigenvalue weighted by Crippen LogP contribution is 2.24. The SMILES string of the molecule is CS(=O)(=O)c1ccc(Oc2nc3ccc(N)cc3[nH]2)cc1. The van der Waals surface area contributed by atoms with Crippen molar-refractivity contribution in [3.05, 3.63) is 42.5 Å². The number of fused-ring (bicyclic) bond motifs is 1. The normalized spacial score (nSPS) is 11.7. The molecule has 0 amide bonds. The van der Waals surface area contributed by atoms with Gasteiger partial charge in [-0.3, -0.25) is 0 Å². The van der Waals surface area contributed by atoms with E-state index in [-0.39, 0.29) is 4.90 Å². The molecule has 2 aromatic carbocycles. The Labute approximate surface area is 121 Å². The van der Waals surface area contributed by atoms with Gasteiger partial charge in [-0.25, -0.2) is 8.42 Å². The van der Waals surface area contributed by atoms with Crippen molar-refractivity contribution in [2.45, 2.75) is 4.90 Å². The molecule has 0 aliphatic carbocycles. The highest BCUT2D eigenvalue weighted by atomic mass is 32.2. The second kappa shape index (κ2) is 4.78. The van der Waals surface area contributed by atoms with Gasteiger partial charge in [-0.15, -0.1) is 0 Å². The van der Waals surface area contributed by atoms with E-state index in [1.54, 1.807) is 30.3 Å². The second-order valence-electron chi connectivity index (χ2n) is 4.66. The first-order valence-electron chi connectivity index (χ1n) is 6.15. The quantitative estimate of drug-likeness (QED) is 0.724. The summed E-state index contributed by atoms with van der Waals surface area (Å²) in [4.78, 5) is 7.51. The van der Waals surface area contributed by atoms with Crippen LogP contribution >= 0.6 is 0 Å². The summed E-state index contributed by atoms with van der Waals surface area (Å²) < 4.78 is 28.3. The van der Waals surface area contributed by atoms with Gasteiger partial charge in [-0.2, -0.15) is 4.98 Å². The van der Waals surface area contributed by atoms with Gasteiger partial charge >= 0.3 is 0 Å². The minimum absolute atomic E-state index is 0.243. The third-order valence-electron chi connectivity index (χ3n) is 2.95. The van der Waals surface area contributed by atoms with E-state index in [2.05, 4.69) is 9.97 Å². The summed E-state index contributed by atoms with van der Waals surface area (Å²) in [7, 11) is -3.21. The molecule has 1 heterocycles. The molecule has 7 heteroatoms. The van der Waals surface area contributed by atoms with Crippen LogP contribution in [0.3, 0.4) is 0 Å². The highest BCUT2D eigenvalue weighted by Gasteiger charge is 2.08. The Hall–Kier alpha value is -2.54. The molecule has 108 valence electrons. The summed E-state index contributed by atoms with van der Waals surface area (Å²) in [6, 6.07) is 11.8. The third-order valence-corrected chi connectivity index (χ3v) is 4.08. The van der Waals surface area contributed by atoms with Crippen LogP contribution in [0.5, 0.6) is 11.8 Å². The highest BCUT2D eigenvalue weighted by molar-refractivity contribution is 7.90. The Morgan fingerprint density at radius 3 is 2.52 bits per heavy atom. The lowest BCUT2D eigenvalue weighted by Crippen LogP contribution is -1.96. The molecule has 21 heavy (non-hydrogen) atoms. The number of hydrogen-bond acceptors (Lipinski definition) is 5. The average molecular weight is 303 g/mol. The zero-order valence-electron chi connectivity index (χ0n) is 11.2. The number of hydrogen-bond donors (Lipinski definition) is 2. The summed E-state index contributed by atoms with van der Waals surface area (Å²) in [6.45, 7) is 0. The lowest BCUT2D eigenvalue weighted by Gasteiger charge is -2.02. The van der Waals surface area contributed by atoms with Crippen LogP contribution in [-0.4, -0.2) is 24.6 Å². The smallest absolute Gasteiger partial charge is 0.300 e. The van der Waals surface area contributed by atoms with Gasteiger partial charge in [0.05, 0.1) is 15.9 Å². The lowest BCUT2D eigenvalue weighted by molar-refractivity contribution is 0.449. The molecule has 0 fully saturated rings. The third kappa shape index (κ3) is 2.82. The van der Waals surface area contributed by atoms with E-state index in [1.807, 2.05) is 0 Å². The van der Waals surface area contributed by atoms with Crippen molar-refractivity contribution in [2.75, 3.05) is 12.0 Å². The molecule has 0 aliphatic rings. The van der Waals surface area contributed by atoms with Crippen molar-refractivity contribution in [1.29, 1.82) is 0 Å². The van der Waals surface area contributed by atoms with Crippen molar-refractivity contribution in [3.8, 4) is 11.8 Å². The zero-order valence-corrected chi connectivity index (χ0v) is 12.0. The van der Waals surface area contributed by atoms with E-state index >= 15 is 0 Å². The van der Waals surface area contributed by atoms with Gasteiger partial charge in [0.2, 0.25) is 0 Å². The van der Waals surface area contributed by atoms with E-state index in [1.165, 1.54) is 12.1 Å². The van der Waals surface area contributed by atoms with Crippen LogP contribution in [0, 0.1) is 0 Å². The summed E-state index contributed by atoms with van der Waals surface area (Å²) in [5.41, 5.74) is 7.85. The fraction of sp³-hybridized carbons (Fsp3) is 0.0714. The molecule has 6 nitrogen and oxygen atoms in total. The van der Waals surface area contributed by atoms with Crippen molar-refractivity contribution in [1.82, 2.24) is 9.97 Å². The lowest BCUT2D eigenvalue weighted by atomic mass is 10.3. The van der Waals surface area contributed by atoms with Crippen LogP contribution < -0.4 is 10.5 Å². The molecule has 0 aliphatic heterocycles. The Kier molecular flexibility index (Phi) is 3.06. The van der Waals surface area contributed by atoms with Crippen molar-refractivity contribution in [2.24, 2.45) is 0 Å². The predicted octanol–water partition coefficient (Wildman–Crippen LogP) is 2.34. The molecule has 3 N–H and O–H groups in total. The number of imidazole rings is 1. The molecule has 1 aromatic heterocycles. The Morgan fingerprint density at radius 1 is 1.14 bits per heavy atom. The number of nitrogens with two attached hydrogens (primary N) is 1.